The molecule has 0 aromatic heterocycles. The van der Waals surface area contributed by atoms with Crippen molar-refractivity contribution in [2.45, 2.75) is 128 Å². The minimum Gasteiger partial charge on any atom is -0.481 e. The number of nitrogens with one attached hydrogen (secondary N) is 6. The Labute approximate surface area is 375 Å². The van der Waals surface area contributed by atoms with E-state index in [1.54, 1.807) is 63.2 Å². The van der Waals surface area contributed by atoms with Gasteiger partial charge in [0.2, 0.25) is 41.2 Å². The van der Waals surface area contributed by atoms with Crippen molar-refractivity contribution < 1.29 is 68.1 Å². The second kappa shape index (κ2) is 27.1. The zero-order valence-electron chi connectivity index (χ0n) is 36.7. The monoisotopic (exact) mass is 909 g/mol. The van der Waals surface area contributed by atoms with Gasteiger partial charge in [-0.15, -0.1) is 0 Å². The molecular formula is C44H59N7O14. The maximum Gasteiger partial charge on any atom is 0.305 e. The summed E-state index contributed by atoms with van der Waals surface area (Å²) in [6, 6.07) is 5.54. The summed E-state index contributed by atoms with van der Waals surface area (Å²) >= 11 is 0. The van der Waals surface area contributed by atoms with Crippen LogP contribution < -0.4 is 37.6 Å². The van der Waals surface area contributed by atoms with Gasteiger partial charge >= 0.3 is 17.9 Å². The number of Topliss-reactive ketones (excluding diaryl/α,β-unsaturated/α-hetero) is 1. The second-order valence-electron chi connectivity index (χ2n) is 15.8. The van der Waals surface area contributed by atoms with Crippen LogP contribution in [0, 0.1) is 12.8 Å². The minimum atomic E-state index is -1.82. The largest absolute Gasteiger partial charge is 0.481 e. The quantitative estimate of drug-likeness (QED) is 0.0492. The van der Waals surface area contributed by atoms with Gasteiger partial charge in [-0.2, -0.15) is 0 Å². The van der Waals surface area contributed by atoms with Crippen LogP contribution in [0.1, 0.15) is 101 Å². The summed E-state index contributed by atoms with van der Waals surface area (Å²) < 4.78 is 0. The minimum absolute atomic E-state index is 0.0625. The number of carbonyl (C=O) groups is 11. The first-order valence-electron chi connectivity index (χ1n) is 21.0. The first-order valence-corrected chi connectivity index (χ1v) is 21.0. The molecule has 0 saturated carbocycles. The molecule has 0 aliphatic heterocycles. The Morgan fingerprint density at radius 3 is 1.68 bits per heavy atom. The van der Waals surface area contributed by atoms with Crippen LogP contribution in [0.5, 0.6) is 0 Å². The number of amides is 7. The highest BCUT2D eigenvalue weighted by atomic mass is 16.4. The third-order valence-electron chi connectivity index (χ3n) is 9.94. The molecule has 65 heavy (non-hydrogen) atoms. The highest BCUT2D eigenvalue weighted by molar-refractivity contribution is 6.37. The van der Waals surface area contributed by atoms with Crippen LogP contribution in [0.25, 0.3) is 0 Å². The molecule has 0 fully saturated rings. The van der Waals surface area contributed by atoms with Gasteiger partial charge in [0.25, 0.3) is 5.91 Å². The van der Waals surface area contributed by atoms with Crippen LogP contribution in [0.3, 0.4) is 0 Å². The number of carbonyl (C=O) groups excluding carboxylic acids is 8. The third kappa shape index (κ3) is 19.4. The number of hydrogen-bond donors (Lipinski definition) is 10. The lowest BCUT2D eigenvalue weighted by molar-refractivity contribution is -0.142. The van der Waals surface area contributed by atoms with E-state index in [-0.39, 0.29) is 30.7 Å². The molecule has 2 aromatic rings. The lowest BCUT2D eigenvalue weighted by Gasteiger charge is -2.28. The zero-order chi connectivity index (χ0) is 48.8. The Kier molecular flexibility index (Phi) is 22.5. The van der Waals surface area contributed by atoms with Gasteiger partial charge in [0.1, 0.15) is 30.2 Å². The number of nitrogens with two attached hydrogens (primary N) is 1. The second-order valence-corrected chi connectivity index (χ2v) is 15.8. The summed E-state index contributed by atoms with van der Waals surface area (Å²) in [6.07, 6.45) is -2.44. The molecular weight excluding hydrogens is 851 g/mol. The van der Waals surface area contributed by atoms with E-state index < -0.39 is 133 Å². The van der Waals surface area contributed by atoms with Gasteiger partial charge in [-0.05, 0) is 48.8 Å². The number of aliphatic carboxylic acids is 3. The predicted octanol–water partition coefficient (Wildman–Crippen LogP) is 0.314. The van der Waals surface area contributed by atoms with E-state index in [4.69, 9.17) is 10.8 Å². The van der Waals surface area contributed by atoms with Crippen molar-refractivity contribution in [3.63, 3.8) is 0 Å². The van der Waals surface area contributed by atoms with Crippen molar-refractivity contribution in [1.29, 1.82) is 0 Å². The highest BCUT2D eigenvalue weighted by Crippen LogP contribution is 2.18. The molecule has 0 aliphatic rings. The van der Waals surface area contributed by atoms with Crippen LogP contribution in [0.4, 0.5) is 0 Å². The average molecular weight is 910 g/mol. The number of unbranched alkanes of at least 4 members (excludes halogenated alkanes) is 1. The topological polar surface area (TPSA) is 347 Å². The van der Waals surface area contributed by atoms with E-state index in [0.29, 0.717) is 24.0 Å². The number of primary amides is 1. The summed E-state index contributed by atoms with van der Waals surface area (Å²) in [7, 11) is 0. The Morgan fingerprint density at radius 2 is 1.11 bits per heavy atom. The fraction of sp³-hybridized carbons (Fsp3) is 0.477. The van der Waals surface area contributed by atoms with Gasteiger partial charge in [-0.3, -0.25) is 52.7 Å². The predicted molar refractivity (Wildman–Crippen MR) is 231 cm³/mol. The number of hydrogen-bond acceptors (Lipinski definition) is 11. The molecule has 354 valence electrons. The number of rotatable bonds is 29. The van der Waals surface area contributed by atoms with Gasteiger partial charge in [0.15, 0.2) is 0 Å². The van der Waals surface area contributed by atoms with Gasteiger partial charge in [-0.25, -0.2) is 0 Å². The maximum atomic E-state index is 14.4. The first-order chi connectivity index (χ1) is 30.6. The van der Waals surface area contributed by atoms with Crippen LogP contribution >= 0.6 is 0 Å². The Hall–Kier alpha value is -7.19. The Morgan fingerprint density at radius 1 is 0.569 bits per heavy atom. The van der Waals surface area contributed by atoms with E-state index in [9.17, 15) is 63.0 Å². The molecule has 7 amide bonds. The molecule has 0 aliphatic carbocycles. The number of carboxylic acid groups (broad SMARTS) is 3. The molecule has 6 atom stereocenters. The average Bonchev–Trinajstić information content (AvgIpc) is 3.24. The van der Waals surface area contributed by atoms with Crippen molar-refractivity contribution >= 4 is 65.0 Å². The Balaban J connectivity index is 2.55. The zero-order valence-corrected chi connectivity index (χ0v) is 36.7. The molecule has 2 rings (SSSR count). The summed E-state index contributed by atoms with van der Waals surface area (Å²) in [5, 5.41) is 42.5. The van der Waals surface area contributed by atoms with Crippen molar-refractivity contribution in [2.75, 3.05) is 0 Å². The number of benzene rings is 2. The standard InChI is InChI=1S/C44H59N7O14/c1-5-6-16-28(38(59)39(45)60)47-41(62)30(21-24(2)3)50-44(65)37(26-13-8-7-9-14-26)51-43(64)31(22-27-15-11-10-12-25(27)4)49-40(61)29(17-19-34(53)54)48-42(63)32(23-36(57)58)46-33(52)18-20-35(55)56/h7-15,24,28-32,37H,5-6,16-23H2,1-4H3,(H2,45,60)(H,46,52)(H,47,62)(H,48,63)(H,49,61)(H,50,65)(H,51,64)(H,53,54)(H,55,56)(H,57,58)/t28-,29-,30-,31-,32-,37-/m0/s1. The molecule has 0 spiro atoms. The SMILES string of the molecule is CCCC[C@H](NC(=O)[C@H](CC(C)C)NC(=O)[C@@H](NC(=O)[C@H](Cc1ccccc1C)NC(=O)[C@H](CCC(=O)O)NC(=O)[C@H](CC(=O)O)NC(=O)CCC(=O)O)c1ccccc1)C(=O)C(N)=O. The van der Waals surface area contributed by atoms with E-state index in [0.717, 1.165) is 0 Å². The van der Waals surface area contributed by atoms with E-state index in [2.05, 4.69) is 31.9 Å². The number of carboxylic acids is 3. The lowest BCUT2D eigenvalue weighted by Crippen LogP contribution is -2.58. The smallest absolute Gasteiger partial charge is 0.305 e. The molecule has 0 radical (unpaired) electrons. The van der Waals surface area contributed by atoms with E-state index in [1.165, 1.54) is 12.1 Å². The number of aryl methyl sites for hydroxylation is 1. The molecule has 0 unspecified atom stereocenters. The molecule has 21 heteroatoms. The summed E-state index contributed by atoms with van der Waals surface area (Å²) in [5.41, 5.74) is 6.74. The summed E-state index contributed by atoms with van der Waals surface area (Å²) in [6.45, 7) is 7.14. The molecule has 0 heterocycles. The van der Waals surface area contributed by atoms with Crippen molar-refractivity contribution in [3.05, 3.63) is 71.3 Å². The summed E-state index contributed by atoms with van der Waals surface area (Å²) in [4.78, 5) is 141. The van der Waals surface area contributed by atoms with Crippen molar-refractivity contribution in [2.24, 2.45) is 11.7 Å². The van der Waals surface area contributed by atoms with Crippen LogP contribution in [0.15, 0.2) is 54.6 Å². The first kappa shape index (κ1) is 53.9. The Bertz CT molecular complexity index is 2040. The summed E-state index contributed by atoms with van der Waals surface area (Å²) in [5.74, 6) is -12.6. The fourth-order valence-corrected chi connectivity index (χ4v) is 6.49. The highest BCUT2D eigenvalue weighted by Gasteiger charge is 2.35. The van der Waals surface area contributed by atoms with E-state index in [1.807, 2.05) is 6.92 Å². The van der Waals surface area contributed by atoms with Crippen molar-refractivity contribution in [1.82, 2.24) is 31.9 Å². The molecule has 21 nitrogen and oxygen atoms in total. The van der Waals surface area contributed by atoms with Gasteiger partial charge in [0.05, 0.1) is 18.9 Å². The molecule has 0 bridgehead atoms. The van der Waals surface area contributed by atoms with Crippen LogP contribution in [-0.4, -0.2) is 111 Å². The normalized spacial score (nSPS) is 13.6. The van der Waals surface area contributed by atoms with Gasteiger partial charge < -0.3 is 53.0 Å². The molecule has 11 N–H and O–H groups in total. The van der Waals surface area contributed by atoms with Gasteiger partial charge in [-0.1, -0.05) is 88.2 Å². The third-order valence-corrected chi connectivity index (χ3v) is 9.94. The number of ketones is 1. The van der Waals surface area contributed by atoms with Crippen molar-refractivity contribution in [3.8, 4) is 0 Å². The lowest BCUT2D eigenvalue weighted by atomic mass is 9.98. The molecule has 2 aromatic carbocycles. The fourth-order valence-electron chi connectivity index (χ4n) is 6.49. The van der Waals surface area contributed by atoms with Crippen LogP contribution in [-0.2, 0) is 59.2 Å². The van der Waals surface area contributed by atoms with E-state index >= 15 is 0 Å². The van der Waals surface area contributed by atoms with Crippen LogP contribution in [0.2, 0.25) is 0 Å². The van der Waals surface area contributed by atoms with Gasteiger partial charge in [0, 0.05) is 19.3 Å². The molecule has 0 saturated heterocycles. The maximum absolute atomic E-state index is 14.4.